The van der Waals surface area contributed by atoms with Crippen LogP contribution < -0.4 is 9.64 Å². The number of aliphatic imine (C=N–C) groups is 1. The molecule has 0 saturated heterocycles. The first kappa shape index (κ1) is 29.4. The minimum atomic E-state index is -0.279. The molecule has 2 aliphatic carbocycles. The second-order valence-corrected chi connectivity index (χ2v) is 14.1. The van der Waals surface area contributed by atoms with Crippen LogP contribution in [0.25, 0.3) is 38.6 Å². The number of aryl methyl sites for hydroxylation is 1. The molecular formula is C47H34N2O3. The topological polar surface area (TPSA) is 47.2 Å². The van der Waals surface area contributed by atoms with E-state index in [1.165, 1.54) is 38.4 Å². The maximum Gasteiger partial charge on any atom is 0.221 e. The first-order chi connectivity index (χ1) is 25.7. The number of para-hydroxylation sites is 1. The van der Waals surface area contributed by atoms with E-state index in [0.29, 0.717) is 0 Å². The van der Waals surface area contributed by atoms with Gasteiger partial charge in [0.2, 0.25) is 12.1 Å². The van der Waals surface area contributed by atoms with Gasteiger partial charge in [-0.05, 0) is 131 Å². The molecule has 0 saturated carbocycles. The molecule has 6 aromatic carbocycles. The van der Waals surface area contributed by atoms with Gasteiger partial charge >= 0.3 is 0 Å². The molecule has 0 bridgehead atoms. The molecule has 1 atom stereocenters. The molecule has 5 heteroatoms. The highest BCUT2D eigenvalue weighted by Crippen LogP contribution is 2.43. The van der Waals surface area contributed by atoms with Crippen LogP contribution in [0.1, 0.15) is 53.5 Å². The maximum absolute atomic E-state index is 6.41. The number of hydrogen-bond acceptors (Lipinski definition) is 5. The van der Waals surface area contributed by atoms with Gasteiger partial charge in [-0.1, -0.05) is 66.8 Å². The van der Waals surface area contributed by atoms with Crippen molar-refractivity contribution in [2.75, 3.05) is 4.90 Å². The first-order valence-corrected chi connectivity index (χ1v) is 18.2. The van der Waals surface area contributed by atoms with E-state index in [0.717, 1.165) is 94.2 Å². The highest BCUT2D eigenvalue weighted by Gasteiger charge is 2.27. The van der Waals surface area contributed by atoms with Crippen molar-refractivity contribution in [1.82, 2.24) is 0 Å². The van der Waals surface area contributed by atoms with Gasteiger partial charge in [0.1, 0.15) is 22.8 Å². The van der Waals surface area contributed by atoms with Gasteiger partial charge in [0.15, 0.2) is 0 Å². The van der Waals surface area contributed by atoms with Crippen LogP contribution in [-0.4, -0.2) is 5.90 Å². The minimum absolute atomic E-state index is 0.279. The standard InChI is InChI=1S/C47H34N2O3/c1-2-8-29(9-3-1)46-48-47(52-46)30-14-18-37(19-15-30)49(39-21-17-32-26-41-40-11-5-7-13-43(40)51-45(41)28-35(32)25-39)38-20-16-31-22-36-23-33-10-4-6-12-42(33)50-44(36)27-34(31)24-38/h1-2,4,6-8,10,12-22,24-28,47H,3,5,9,11,23H2. The van der Waals surface area contributed by atoms with Crippen molar-refractivity contribution in [3.8, 4) is 11.5 Å². The van der Waals surface area contributed by atoms with Crippen LogP contribution in [0.4, 0.5) is 17.1 Å². The van der Waals surface area contributed by atoms with Gasteiger partial charge in [0, 0.05) is 45.6 Å². The Hall–Kier alpha value is -6.33. The van der Waals surface area contributed by atoms with Gasteiger partial charge < -0.3 is 18.8 Å². The van der Waals surface area contributed by atoms with Gasteiger partial charge in [0.25, 0.3) is 0 Å². The molecule has 11 rings (SSSR count). The van der Waals surface area contributed by atoms with E-state index >= 15 is 0 Å². The fraction of sp³-hybridized carbons (Fsp3) is 0.128. The lowest BCUT2D eigenvalue weighted by molar-refractivity contribution is 0.147. The Kier molecular flexibility index (Phi) is 6.56. The summed E-state index contributed by atoms with van der Waals surface area (Å²) in [6.07, 6.45) is 15.3. The van der Waals surface area contributed by atoms with E-state index in [4.69, 9.17) is 18.9 Å². The van der Waals surface area contributed by atoms with E-state index in [2.05, 4.69) is 138 Å². The summed E-state index contributed by atoms with van der Waals surface area (Å²) in [5.41, 5.74) is 10.1. The molecule has 3 heterocycles. The van der Waals surface area contributed by atoms with Crippen molar-refractivity contribution in [2.45, 2.75) is 38.3 Å². The summed E-state index contributed by atoms with van der Waals surface area (Å²) in [5.74, 6) is 3.61. The molecule has 0 radical (unpaired) electrons. The van der Waals surface area contributed by atoms with Crippen molar-refractivity contribution in [3.63, 3.8) is 0 Å². The van der Waals surface area contributed by atoms with E-state index in [-0.39, 0.29) is 6.23 Å². The Bertz CT molecular complexity index is 2730. The van der Waals surface area contributed by atoms with E-state index < -0.39 is 0 Å². The van der Waals surface area contributed by atoms with Crippen LogP contribution in [0, 0.1) is 0 Å². The molecule has 0 fully saturated rings. The van der Waals surface area contributed by atoms with E-state index in [1.807, 2.05) is 6.07 Å². The molecule has 7 aromatic rings. The first-order valence-electron chi connectivity index (χ1n) is 18.2. The summed E-state index contributed by atoms with van der Waals surface area (Å²) < 4.78 is 18.9. The van der Waals surface area contributed by atoms with Gasteiger partial charge in [0.05, 0.1) is 0 Å². The third-order valence-electron chi connectivity index (χ3n) is 10.9. The largest absolute Gasteiger partial charge is 0.457 e. The molecule has 1 unspecified atom stereocenters. The Balaban J connectivity index is 0.998. The molecule has 250 valence electrons. The quantitative estimate of drug-likeness (QED) is 0.182. The number of nitrogens with zero attached hydrogens (tertiary/aromatic N) is 2. The molecule has 0 N–H and O–H groups in total. The van der Waals surface area contributed by atoms with Crippen molar-refractivity contribution in [2.24, 2.45) is 4.99 Å². The summed E-state index contributed by atoms with van der Waals surface area (Å²) in [4.78, 5) is 7.15. The van der Waals surface area contributed by atoms with Crippen LogP contribution in [0.15, 0.2) is 148 Å². The van der Waals surface area contributed by atoms with Gasteiger partial charge in [-0.3, -0.25) is 0 Å². The summed E-state index contributed by atoms with van der Waals surface area (Å²) >= 11 is 0. The van der Waals surface area contributed by atoms with Gasteiger partial charge in [-0.15, -0.1) is 0 Å². The zero-order valence-electron chi connectivity index (χ0n) is 28.5. The summed E-state index contributed by atoms with van der Waals surface area (Å²) in [6, 6.07) is 39.3. The van der Waals surface area contributed by atoms with Crippen molar-refractivity contribution in [3.05, 3.63) is 167 Å². The zero-order chi connectivity index (χ0) is 34.2. The monoisotopic (exact) mass is 674 g/mol. The third kappa shape index (κ3) is 4.88. The van der Waals surface area contributed by atoms with Crippen LogP contribution in [-0.2, 0) is 17.6 Å². The molecule has 4 aliphatic rings. The highest BCUT2D eigenvalue weighted by atomic mass is 16.5. The second kappa shape index (κ2) is 11.6. The predicted octanol–water partition coefficient (Wildman–Crippen LogP) is 12.6. The van der Waals surface area contributed by atoms with E-state index in [9.17, 15) is 0 Å². The number of benzene rings is 6. The third-order valence-corrected chi connectivity index (χ3v) is 10.9. The minimum Gasteiger partial charge on any atom is -0.457 e. The normalized spacial score (nSPS) is 17.0. The van der Waals surface area contributed by atoms with Crippen molar-refractivity contribution < 1.29 is 13.9 Å². The molecule has 0 amide bonds. The van der Waals surface area contributed by atoms with Crippen LogP contribution in [0.5, 0.6) is 11.5 Å². The number of anilines is 3. The lowest BCUT2D eigenvalue weighted by Crippen LogP contribution is -2.23. The fourth-order valence-electron chi connectivity index (χ4n) is 8.14. The number of hydrogen-bond donors (Lipinski definition) is 0. The summed E-state index contributed by atoms with van der Waals surface area (Å²) in [6.45, 7) is 0. The Morgan fingerprint density at radius 3 is 2.25 bits per heavy atom. The number of rotatable bonds is 5. The van der Waals surface area contributed by atoms with Gasteiger partial charge in [-0.2, -0.15) is 0 Å². The van der Waals surface area contributed by atoms with Crippen LogP contribution >= 0.6 is 0 Å². The lowest BCUT2D eigenvalue weighted by Gasteiger charge is -2.29. The predicted molar refractivity (Wildman–Crippen MR) is 210 cm³/mol. The number of ether oxygens (including phenoxy) is 2. The molecule has 52 heavy (non-hydrogen) atoms. The number of fused-ring (bicyclic) bond motifs is 7. The average molecular weight is 675 g/mol. The van der Waals surface area contributed by atoms with Crippen molar-refractivity contribution >= 4 is 61.6 Å². The van der Waals surface area contributed by atoms with Crippen LogP contribution in [0.2, 0.25) is 0 Å². The van der Waals surface area contributed by atoms with E-state index in [1.54, 1.807) is 0 Å². The smallest absolute Gasteiger partial charge is 0.221 e. The Morgan fingerprint density at radius 1 is 0.654 bits per heavy atom. The molecule has 1 aromatic heterocycles. The summed E-state index contributed by atoms with van der Waals surface area (Å²) in [5, 5.41) is 5.88. The van der Waals surface area contributed by atoms with Gasteiger partial charge in [-0.25, -0.2) is 4.99 Å². The SMILES string of the molecule is C1=CCCC(C2=NC(c3ccc(N(c4ccc5cc6c(cc5c4)Oc4ccccc4C6)c4ccc5cc6c7c(oc6cc5c4)C=CCC7)cc3)O2)=C1. The molecule has 0 spiro atoms. The zero-order valence-corrected chi connectivity index (χ0v) is 28.5. The number of furan rings is 1. The van der Waals surface area contributed by atoms with Crippen LogP contribution in [0.3, 0.4) is 0 Å². The van der Waals surface area contributed by atoms with Crippen molar-refractivity contribution in [1.29, 1.82) is 0 Å². The molecule has 5 nitrogen and oxygen atoms in total. The highest BCUT2D eigenvalue weighted by molar-refractivity contribution is 6.01. The molecular weight excluding hydrogens is 641 g/mol. The second-order valence-electron chi connectivity index (χ2n) is 14.1. The number of allylic oxidation sites excluding steroid dienone is 4. The average Bonchev–Trinajstić information content (AvgIpc) is 3.53. The molecule has 2 aliphatic heterocycles. The maximum atomic E-state index is 6.41. The fourth-order valence-corrected chi connectivity index (χ4v) is 8.14. The lowest BCUT2D eigenvalue weighted by atomic mass is 9.97. The Morgan fingerprint density at radius 2 is 1.42 bits per heavy atom. The summed E-state index contributed by atoms with van der Waals surface area (Å²) in [7, 11) is 0. The Labute approximate surface area is 301 Å².